The molecule has 1 aromatic heterocycles. The number of guanidine groups is 1. The molecule has 0 bridgehead atoms. The van der Waals surface area contributed by atoms with Crippen molar-refractivity contribution in [2.45, 2.75) is 38.6 Å². The van der Waals surface area contributed by atoms with E-state index in [1.54, 1.807) is 0 Å². The Balaban J connectivity index is 1.58. The topological polar surface area (TPSA) is 52.2 Å². The van der Waals surface area contributed by atoms with Gasteiger partial charge in [0.15, 0.2) is 5.96 Å². The van der Waals surface area contributed by atoms with Crippen molar-refractivity contribution in [3.8, 4) is 0 Å². The quantitative estimate of drug-likeness (QED) is 0.451. The van der Waals surface area contributed by atoms with Crippen molar-refractivity contribution in [1.29, 1.82) is 0 Å². The third-order valence-electron chi connectivity index (χ3n) is 4.53. The summed E-state index contributed by atoms with van der Waals surface area (Å²) < 4.78 is 0. The maximum atomic E-state index is 4.32. The van der Waals surface area contributed by atoms with Gasteiger partial charge in [-0.2, -0.15) is 0 Å². The maximum Gasteiger partial charge on any atom is 0.191 e. The Morgan fingerprint density at radius 2 is 2.09 bits per heavy atom. The zero-order valence-electron chi connectivity index (χ0n) is 14.0. The highest BCUT2D eigenvalue weighted by Gasteiger charge is 2.11. The Kier molecular flexibility index (Phi) is 5.01. The molecule has 0 saturated carbocycles. The van der Waals surface area contributed by atoms with Crippen molar-refractivity contribution in [2.24, 2.45) is 4.99 Å². The molecule has 23 heavy (non-hydrogen) atoms. The van der Waals surface area contributed by atoms with Gasteiger partial charge in [-0.25, -0.2) is 0 Å². The van der Waals surface area contributed by atoms with E-state index < -0.39 is 0 Å². The van der Waals surface area contributed by atoms with Crippen LogP contribution in [0.15, 0.2) is 41.5 Å². The van der Waals surface area contributed by atoms with Gasteiger partial charge < -0.3 is 15.6 Å². The molecule has 2 aromatic rings. The van der Waals surface area contributed by atoms with Gasteiger partial charge in [0.2, 0.25) is 0 Å². The number of nitrogens with one attached hydrogen (secondary N) is 3. The third-order valence-corrected chi connectivity index (χ3v) is 4.53. The summed E-state index contributed by atoms with van der Waals surface area (Å²) in [4.78, 5) is 7.76. The minimum atomic E-state index is 0.487. The average molecular weight is 310 g/mol. The predicted molar refractivity (Wildman–Crippen MR) is 98.0 cm³/mol. The van der Waals surface area contributed by atoms with Crippen LogP contribution in [0.5, 0.6) is 0 Å². The van der Waals surface area contributed by atoms with Gasteiger partial charge >= 0.3 is 0 Å². The van der Waals surface area contributed by atoms with E-state index in [1.165, 1.54) is 22.0 Å². The Bertz CT molecular complexity index is 703. The van der Waals surface area contributed by atoms with Crippen molar-refractivity contribution in [1.82, 2.24) is 15.6 Å². The molecular weight excluding hydrogens is 284 g/mol. The van der Waals surface area contributed by atoms with E-state index >= 15 is 0 Å². The maximum absolute atomic E-state index is 4.32. The van der Waals surface area contributed by atoms with Crippen molar-refractivity contribution >= 4 is 16.9 Å². The molecule has 0 aliphatic heterocycles. The molecule has 0 atom stereocenters. The van der Waals surface area contributed by atoms with E-state index in [9.17, 15) is 0 Å². The molecule has 3 N–H and O–H groups in total. The first kappa shape index (κ1) is 15.7. The summed E-state index contributed by atoms with van der Waals surface area (Å²) >= 11 is 0. The van der Waals surface area contributed by atoms with Crippen LogP contribution in [-0.2, 0) is 12.8 Å². The summed E-state index contributed by atoms with van der Waals surface area (Å²) in [6, 6.07) is 7.04. The van der Waals surface area contributed by atoms with Crippen molar-refractivity contribution in [3.05, 3.63) is 47.7 Å². The molecule has 122 valence electrons. The minimum Gasteiger partial charge on any atom is -0.361 e. The van der Waals surface area contributed by atoms with Crippen molar-refractivity contribution < 1.29 is 0 Å². The predicted octanol–water partition coefficient (Wildman–Crippen LogP) is 3.16. The first-order chi connectivity index (χ1) is 11.3. The molecule has 0 unspecified atom stereocenters. The van der Waals surface area contributed by atoms with Crippen LogP contribution in [-0.4, -0.2) is 30.6 Å². The number of para-hydroxylation sites is 1. The molecule has 3 rings (SSSR count). The Labute approximate surface area is 138 Å². The van der Waals surface area contributed by atoms with Crippen LogP contribution < -0.4 is 10.6 Å². The van der Waals surface area contributed by atoms with Crippen LogP contribution in [0.3, 0.4) is 0 Å². The number of fused-ring (bicyclic) bond motifs is 1. The SMILES string of the molecule is CCc1cccc2c(CCNC(=NC)NC3CC=CC3)c[nH]c12. The van der Waals surface area contributed by atoms with E-state index in [2.05, 4.69) is 64.1 Å². The Hall–Kier alpha value is -2.23. The number of benzene rings is 1. The Morgan fingerprint density at radius 3 is 2.83 bits per heavy atom. The standard InChI is InChI=1S/C19H26N4/c1-3-14-7-6-10-17-15(13-22-18(14)17)11-12-21-19(20-2)23-16-8-4-5-9-16/h4-7,10,13,16,22H,3,8-9,11-12H2,1-2H3,(H2,20,21,23). The van der Waals surface area contributed by atoms with Gasteiger partial charge in [0, 0.05) is 36.7 Å². The fraction of sp³-hybridized carbons (Fsp3) is 0.421. The summed E-state index contributed by atoms with van der Waals surface area (Å²) in [6.07, 6.45) is 10.8. The van der Waals surface area contributed by atoms with E-state index in [1.807, 2.05) is 7.05 Å². The first-order valence-corrected chi connectivity index (χ1v) is 8.51. The minimum absolute atomic E-state index is 0.487. The second-order valence-corrected chi connectivity index (χ2v) is 6.04. The molecule has 1 aliphatic carbocycles. The third kappa shape index (κ3) is 3.58. The lowest BCUT2D eigenvalue weighted by Crippen LogP contribution is -2.43. The molecule has 1 aliphatic rings. The number of aliphatic imine (C=N–C) groups is 1. The number of hydrogen-bond acceptors (Lipinski definition) is 1. The molecule has 0 spiro atoms. The highest BCUT2D eigenvalue weighted by molar-refractivity contribution is 5.86. The molecule has 4 nitrogen and oxygen atoms in total. The highest BCUT2D eigenvalue weighted by Crippen LogP contribution is 2.22. The van der Waals surface area contributed by atoms with Crippen LogP contribution in [0, 0.1) is 0 Å². The van der Waals surface area contributed by atoms with E-state index in [0.29, 0.717) is 6.04 Å². The van der Waals surface area contributed by atoms with Gasteiger partial charge in [0.1, 0.15) is 0 Å². The second-order valence-electron chi connectivity index (χ2n) is 6.04. The average Bonchev–Trinajstić information content (AvgIpc) is 3.23. The van der Waals surface area contributed by atoms with E-state index in [-0.39, 0.29) is 0 Å². The van der Waals surface area contributed by atoms with E-state index in [4.69, 9.17) is 0 Å². The number of nitrogens with zero attached hydrogens (tertiary/aromatic N) is 1. The fourth-order valence-electron chi connectivity index (χ4n) is 3.22. The summed E-state index contributed by atoms with van der Waals surface area (Å²) in [5, 5.41) is 8.24. The molecule has 0 saturated heterocycles. The fourth-order valence-corrected chi connectivity index (χ4v) is 3.22. The number of hydrogen-bond donors (Lipinski definition) is 3. The lowest BCUT2D eigenvalue weighted by molar-refractivity contribution is 0.633. The molecule has 0 amide bonds. The summed E-state index contributed by atoms with van der Waals surface area (Å²) in [6.45, 7) is 3.08. The van der Waals surface area contributed by atoms with Crippen molar-refractivity contribution in [2.75, 3.05) is 13.6 Å². The normalized spacial score (nSPS) is 15.5. The van der Waals surface area contributed by atoms with Crippen LogP contribution in [0.1, 0.15) is 30.9 Å². The molecule has 4 heteroatoms. The van der Waals surface area contributed by atoms with Gasteiger partial charge in [-0.1, -0.05) is 37.3 Å². The largest absolute Gasteiger partial charge is 0.361 e. The first-order valence-electron chi connectivity index (χ1n) is 8.51. The molecule has 1 heterocycles. The number of H-pyrrole nitrogens is 1. The zero-order valence-corrected chi connectivity index (χ0v) is 14.0. The number of aromatic amines is 1. The van der Waals surface area contributed by atoms with E-state index in [0.717, 1.165) is 38.2 Å². The monoisotopic (exact) mass is 310 g/mol. The van der Waals surface area contributed by atoms with Gasteiger partial charge in [0.25, 0.3) is 0 Å². The summed E-state index contributed by atoms with van der Waals surface area (Å²) in [7, 11) is 1.83. The molecular formula is C19H26N4. The van der Waals surface area contributed by atoms with Gasteiger partial charge in [-0.15, -0.1) is 0 Å². The summed E-state index contributed by atoms with van der Waals surface area (Å²) in [5.41, 5.74) is 4.03. The summed E-state index contributed by atoms with van der Waals surface area (Å²) in [5.74, 6) is 0.896. The highest BCUT2D eigenvalue weighted by atomic mass is 15.2. The van der Waals surface area contributed by atoms with Crippen molar-refractivity contribution in [3.63, 3.8) is 0 Å². The molecule has 0 radical (unpaired) electrons. The van der Waals surface area contributed by atoms with Gasteiger partial charge in [0.05, 0.1) is 0 Å². The lowest BCUT2D eigenvalue weighted by Gasteiger charge is -2.16. The number of aryl methyl sites for hydroxylation is 1. The molecule has 1 aromatic carbocycles. The van der Waals surface area contributed by atoms with Crippen LogP contribution in [0.4, 0.5) is 0 Å². The molecule has 0 fully saturated rings. The van der Waals surface area contributed by atoms with Crippen LogP contribution in [0.25, 0.3) is 10.9 Å². The lowest BCUT2D eigenvalue weighted by atomic mass is 10.1. The van der Waals surface area contributed by atoms with Crippen LogP contribution >= 0.6 is 0 Å². The second kappa shape index (κ2) is 7.36. The zero-order chi connectivity index (χ0) is 16.1. The van der Waals surface area contributed by atoms with Gasteiger partial charge in [-0.3, -0.25) is 4.99 Å². The smallest absolute Gasteiger partial charge is 0.191 e. The van der Waals surface area contributed by atoms with Gasteiger partial charge in [-0.05, 0) is 36.8 Å². The number of rotatable bonds is 5. The van der Waals surface area contributed by atoms with Crippen LogP contribution in [0.2, 0.25) is 0 Å². The number of aromatic nitrogens is 1. The Morgan fingerprint density at radius 1 is 1.26 bits per heavy atom.